The van der Waals surface area contributed by atoms with Crippen LogP contribution < -0.4 is 0 Å². The highest BCUT2D eigenvalue weighted by atomic mass is 16.8. The molecule has 2 fully saturated rings. The van der Waals surface area contributed by atoms with E-state index in [0.717, 1.165) is 0 Å². The van der Waals surface area contributed by atoms with E-state index < -0.39 is 55.5 Å². The molecule has 8 atom stereocenters. The molecule has 0 aliphatic carbocycles. The Morgan fingerprint density at radius 2 is 2.00 bits per heavy atom. The number of aliphatic hydroxyl groups is 4. The average molecular weight is 358 g/mol. The lowest BCUT2D eigenvalue weighted by Crippen LogP contribution is -2.60. The van der Waals surface area contributed by atoms with E-state index >= 15 is 0 Å². The van der Waals surface area contributed by atoms with Crippen LogP contribution in [-0.2, 0) is 23.7 Å². The molecule has 3 rings (SSSR count). The van der Waals surface area contributed by atoms with Gasteiger partial charge in [-0.1, -0.05) is 6.08 Å². The standard InChI is InChI=1S/C16H22O9/c1-2-7-8-3-4-22-14(21)9(8)6-23-15(7)25-16-13(20)12(19)11(18)10(5-17)24-16/h2,6-8,10-13,15-20H,1,3-5H2/t7-,8+,10-,11-,12+,13-,15+,16-/m1/s1. The largest absolute Gasteiger partial charge is 0.471 e. The molecule has 4 N–H and O–H groups in total. The fourth-order valence-electron chi connectivity index (χ4n) is 3.34. The number of rotatable bonds is 4. The highest BCUT2D eigenvalue weighted by molar-refractivity contribution is 5.89. The van der Waals surface area contributed by atoms with E-state index in [9.17, 15) is 25.2 Å². The second-order valence-electron chi connectivity index (χ2n) is 6.26. The van der Waals surface area contributed by atoms with Crippen molar-refractivity contribution in [2.45, 2.75) is 43.4 Å². The van der Waals surface area contributed by atoms with E-state index in [4.69, 9.17) is 18.9 Å². The summed E-state index contributed by atoms with van der Waals surface area (Å²) in [7, 11) is 0. The van der Waals surface area contributed by atoms with Crippen LogP contribution in [0.1, 0.15) is 6.42 Å². The molecule has 0 radical (unpaired) electrons. The summed E-state index contributed by atoms with van der Waals surface area (Å²) < 4.78 is 21.4. The number of cyclic esters (lactones) is 1. The van der Waals surface area contributed by atoms with Crippen molar-refractivity contribution in [2.75, 3.05) is 13.2 Å². The molecule has 3 aliphatic heterocycles. The van der Waals surface area contributed by atoms with E-state index in [-0.39, 0.29) is 12.5 Å². The zero-order valence-electron chi connectivity index (χ0n) is 13.4. The summed E-state index contributed by atoms with van der Waals surface area (Å²) in [6.07, 6.45) is -4.44. The van der Waals surface area contributed by atoms with E-state index in [0.29, 0.717) is 12.0 Å². The van der Waals surface area contributed by atoms with Gasteiger partial charge in [0.2, 0.25) is 6.29 Å². The number of carbonyl (C=O) groups is 1. The van der Waals surface area contributed by atoms with Gasteiger partial charge in [0.15, 0.2) is 6.29 Å². The van der Waals surface area contributed by atoms with Crippen molar-refractivity contribution in [3.63, 3.8) is 0 Å². The smallest absolute Gasteiger partial charge is 0.337 e. The molecule has 0 aromatic carbocycles. The molecule has 0 bridgehead atoms. The number of fused-ring (bicyclic) bond motifs is 1. The van der Waals surface area contributed by atoms with Gasteiger partial charge in [0.05, 0.1) is 25.0 Å². The first-order valence-electron chi connectivity index (χ1n) is 8.09. The Morgan fingerprint density at radius 1 is 1.24 bits per heavy atom. The number of hydrogen-bond donors (Lipinski definition) is 4. The highest BCUT2D eigenvalue weighted by Gasteiger charge is 2.48. The molecule has 9 nitrogen and oxygen atoms in total. The lowest BCUT2D eigenvalue weighted by atomic mass is 9.81. The molecule has 2 saturated heterocycles. The Bertz CT molecular complexity index is 546. The predicted molar refractivity (Wildman–Crippen MR) is 80.6 cm³/mol. The first-order valence-corrected chi connectivity index (χ1v) is 8.09. The van der Waals surface area contributed by atoms with E-state index in [1.54, 1.807) is 6.08 Å². The number of aliphatic hydroxyl groups excluding tert-OH is 4. The Hall–Kier alpha value is -1.49. The summed E-state index contributed by atoms with van der Waals surface area (Å²) >= 11 is 0. The van der Waals surface area contributed by atoms with Crippen molar-refractivity contribution >= 4 is 5.97 Å². The van der Waals surface area contributed by atoms with Crippen LogP contribution in [-0.4, -0.2) is 76.6 Å². The fourth-order valence-corrected chi connectivity index (χ4v) is 3.34. The molecule has 0 aromatic heterocycles. The zero-order valence-corrected chi connectivity index (χ0v) is 13.4. The molecule has 0 saturated carbocycles. The molecule has 3 aliphatic rings. The van der Waals surface area contributed by atoms with Gasteiger partial charge in [0, 0.05) is 11.8 Å². The van der Waals surface area contributed by atoms with Crippen molar-refractivity contribution in [3.8, 4) is 0 Å². The Kier molecular flexibility index (Phi) is 5.42. The van der Waals surface area contributed by atoms with Crippen LogP contribution in [0.3, 0.4) is 0 Å². The molecule has 9 heteroatoms. The van der Waals surface area contributed by atoms with Crippen LogP contribution >= 0.6 is 0 Å². The second kappa shape index (κ2) is 7.40. The molecular formula is C16H22O9. The summed E-state index contributed by atoms with van der Waals surface area (Å²) in [5.41, 5.74) is 0.393. The molecular weight excluding hydrogens is 336 g/mol. The Balaban J connectivity index is 1.75. The summed E-state index contributed by atoms with van der Waals surface area (Å²) in [5, 5.41) is 38.9. The van der Waals surface area contributed by atoms with Gasteiger partial charge in [0.25, 0.3) is 0 Å². The first-order chi connectivity index (χ1) is 12.0. The minimum absolute atomic E-state index is 0.206. The van der Waals surface area contributed by atoms with E-state index in [2.05, 4.69) is 6.58 Å². The number of carbonyl (C=O) groups excluding carboxylic acids is 1. The summed E-state index contributed by atoms with van der Waals surface area (Å²) in [6, 6.07) is 0. The monoisotopic (exact) mass is 358 g/mol. The third-order valence-electron chi connectivity index (χ3n) is 4.79. The number of esters is 1. The molecule has 3 heterocycles. The van der Waals surface area contributed by atoms with E-state index in [1.807, 2.05) is 0 Å². The van der Waals surface area contributed by atoms with Gasteiger partial charge in [-0.05, 0) is 6.42 Å². The van der Waals surface area contributed by atoms with E-state index in [1.165, 1.54) is 6.26 Å². The van der Waals surface area contributed by atoms with Crippen molar-refractivity contribution in [2.24, 2.45) is 11.8 Å². The van der Waals surface area contributed by atoms with Gasteiger partial charge in [-0.3, -0.25) is 0 Å². The third-order valence-corrected chi connectivity index (χ3v) is 4.79. The molecule has 0 aromatic rings. The molecule has 140 valence electrons. The molecule has 25 heavy (non-hydrogen) atoms. The van der Waals surface area contributed by atoms with Gasteiger partial charge in [-0.15, -0.1) is 6.58 Å². The molecule has 0 amide bonds. The fraction of sp³-hybridized carbons (Fsp3) is 0.688. The maximum Gasteiger partial charge on any atom is 0.337 e. The molecule has 0 unspecified atom stereocenters. The molecule has 0 spiro atoms. The zero-order chi connectivity index (χ0) is 18.1. The van der Waals surface area contributed by atoms with Crippen LogP contribution in [0.25, 0.3) is 0 Å². The minimum atomic E-state index is -1.54. The second-order valence-corrected chi connectivity index (χ2v) is 6.26. The van der Waals surface area contributed by atoms with Gasteiger partial charge in [-0.2, -0.15) is 0 Å². The maximum atomic E-state index is 11.8. The minimum Gasteiger partial charge on any atom is -0.471 e. The number of hydrogen-bond acceptors (Lipinski definition) is 9. The number of ether oxygens (including phenoxy) is 4. The Morgan fingerprint density at radius 3 is 2.68 bits per heavy atom. The quantitative estimate of drug-likeness (QED) is 0.346. The van der Waals surface area contributed by atoms with Crippen LogP contribution in [0.5, 0.6) is 0 Å². The lowest BCUT2D eigenvalue weighted by Gasteiger charge is -2.43. The van der Waals surface area contributed by atoms with Crippen molar-refractivity contribution < 1.29 is 44.2 Å². The first kappa shape index (κ1) is 18.3. The maximum absolute atomic E-state index is 11.8. The van der Waals surface area contributed by atoms with Gasteiger partial charge in [0.1, 0.15) is 24.4 Å². The predicted octanol–water partition coefficient (Wildman–Crippen LogP) is -1.59. The van der Waals surface area contributed by atoms with Gasteiger partial charge < -0.3 is 39.4 Å². The van der Waals surface area contributed by atoms with Crippen molar-refractivity contribution in [3.05, 3.63) is 24.5 Å². The Labute approximate surface area is 144 Å². The van der Waals surface area contributed by atoms with Crippen LogP contribution in [0.2, 0.25) is 0 Å². The average Bonchev–Trinajstić information content (AvgIpc) is 2.62. The normalized spacial score (nSPS) is 44.2. The van der Waals surface area contributed by atoms with Crippen LogP contribution in [0, 0.1) is 11.8 Å². The van der Waals surface area contributed by atoms with Gasteiger partial charge in [-0.25, -0.2) is 4.79 Å². The highest BCUT2D eigenvalue weighted by Crippen LogP contribution is 2.38. The van der Waals surface area contributed by atoms with Crippen molar-refractivity contribution in [1.29, 1.82) is 0 Å². The van der Waals surface area contributed by atoms with Crippen LogP contribution in [0.15, 0.2) is 24.5 Å². The third kappa shape index (κ3) is 3.31. The SMILES string of the molecule is C=C[C@H]1[C@H](O[C@H]2O[C@H](CO)[C@@H](O)[C@H](O)[C@H]2O)OC=C2C(=O)OCC[C@H]21. The lowest BCUT2D eigenvalue weighted by molar-refractivity contribution is -0.339. The topological polar surface area (TPSA) is 135 Å². The summed E-state index contributed by atoms with van der Waals surface area (Å²) in [5.74, 6) is -1.06. The van der Waals surface area contributed by atoms with Crippen LogP contribution in [0.4, 0.5) is 0 Å². The van der Waals surface area contributed by atoms with Crippen molar-refractivity contribution in [1.82, 2.24) is 0 Å². The van der Waals surface area contributed by atoms with Gasteiger partial charge >= 0.3 is 5.97 Å². The summed E-state index contributed by atoms with van der Waals surface area (Å²) in [4.78, 5) is 11.8. The summed E-state index contributed by atoms with van der Waals surface area (Å²) in [6.45, 7) is 3.47.